The average molecular weight is 652 g/mol. The molecule has 1 aromatic heterocycles. The zero-order valence-electron chi connectivity index (χ0n) is 27.1. The predicted molar refractivity (Wildman–Crippen MR) is 214 cm³/mol. The van der Waals surface area contributed by atoms with Crippen LogP contribution < -0.4 is 0 Å². The highest BCUT2D eigenvalue weighted by atomic mass is 32.2. The van der Waals surface area contributed by atoms with E-state index in [4.69, 9.17) is 0 Å². The Morgan fingerprint density at radius 1 is 0.320 bits per heavy atom. The monoisotopic (exact) mass is 651 g/mol. The molecule has 0 spiro atoms. The summed E-state index contributed by atoms with van der Waals surface area (Å²) in [5.74, 6) is 0. The van der Waals surface area contributed by atoms with Crippen LogP contribution in [0.2, 0.25) is 0 Å². The van der Waals surface area contributed by atoms with Crippen molar-refractivity contribution in [3.8, 4) is 39.1 Å². The van der Waals surface area contributed by atoms with E-state index in [0.717, 1.165) is 0 Å². The fourth-order valence-electron chi connectivity index (χ4n) is 8.27. The molecule has 2 heterocycles. The van der Waals surface area contributed by atoms with E-state index in [2.05, 4.69) is 180 Å². The molecular formula is C48H29NS. The van der Waals surface area contributed by atoms with E-state index >= 15 is 0 Å². The molecule has 1 aliphatic rings. The second-order valence-electron chi connectivity index (χ2n) is 13.3. The van der Waals surface area contributed by atoms with Crippen LogP contribution in [0.15, 0.2) is 186 Å². The fraction of sp³-hybridized carbons (Fsp3) is 0. The number of nitrogens with zero attached hydrogens (tertiary/aromatic N) is 1. The van der Waals surface area contributed by atoms with Crippen molar-refractivity contribution in [2.45, 2.75) is 9.79 Å². The molecule has 0 atom stereocenters. The first-order valence-corrected chi connectivity index (χ1v) is 18.0. The average Bonchev–Trinajstić information content (AvgIpc) is 3.54. The van der Waals surface area contributed by atoms with Crippen LogP contribution in [0.3, 0.4) is 0 Å². The summed E-state index contributed by atoms with van der Waals surface area (Å²) in [6, 6.07) is 64.9. The molecule has 10 aromatic rings. The largest absolute Gasteiger partial charge is 0.308 e. The molecule has 50 heavy (non-hydrogen) atoms. The van der Waals surface area contributed by atoms with E-state index in [0.29, 0.717) is 0 Å². The molecule has 0 saturated heterocycles. The predicted octanol–water partition coefficient (Wildman–Crippen LogP) is 13.7. The van der Waals surface area contributed by atoms with Gasteiger partial charge < -0.3 is 4.57 Å². The lowest BCUT2D eigenvalue weighted by Gasteiger charge is -2.21. The molecule has 0 radical (unpaired) electrons. The van der Waals surface area contributed by atoms with Crippen molar-refractivity contribution in [3.63, 3.8) is 0 Å². The van der Waals surface area contributed by atoms with Gasteiger partial charge in [0.1, 0.15) is 0 Å². The number of rotatable bonds is 3. The lowest BCUT2D eigenvalue weighted by Crippen LogP contribution is -1.95. The van der Waals surface area contributed by atoms with Crippen LogP contribution in [0.25, 0.3) is 93.2 Å². The molecule has 0 unspecified atom stereocenters. The highest BCUT2D eigenvalue weighted by molar-refractivity contribution is 7.99. The van der Waals surface area contributed by atoms with E-state index in [1.807, 2.05) is 11.8 Å². The summed E-state index contributed by atoms with van der Waals surface area (Å²) in [6.07, 6.45) is 0. The minimum Gasteiger partial charge on any atom is -0.308 e. The minimum atomic E-state index is 1.17. The van der Waals surface area contributed by atoms with Gasteiger partial charge in [-0.25, -0.2) is 0 Å². The first-order valence-electron chi connectivity index (χ1n) is 17.2. The van der Waals surface area contributed by atoms with Gasteiger partial charge in [0.25, 0.3) is 0 Å². The molecule has 0 N–H and O–H groups in total. The SMILES string of the molecule is c1ccc2c(c1)Sc1ccc(-c3ccc(-c4ccc(-n5c6c7ccccc7ccc6c6ccc7ccccc7c65)cc4)cc3)c3cccc-2c13. The van der Waals surface area contributed by atoms with Gasteiger partial charge in [-0.15, -0.1) is 0 Å². The molecule has 9 aromatic carbocycles. The highest BCUT2D eigenvalue weighted by Crippen LogP contribution is 2.49. The summed E-state index contributed by atoms with van der Waals surface area (Å²) in [6.45, 7) is 0. The van der Waals surface area contributed by atoms with Crippen molar-refractivity contribution in [3.05, 3.63) is 176 Å². The van der Waals surface area contributed by atoms with E-state index < -0.39 is 0 Å². The maximum Gasteiger partial charge on any atom is 0.0619 e. The molecule has 0 amide bonds. The van der Waals surface area contributed by atoms with E-state index in [1.54, 1.807) is 0 Å². The lowest BCUT2D eigenvalue weighted by atomic mass is 9.92. The number of aromatic nitrogens is 1. The second kappa shape index (κ2) is 10.7. The third-order valence-electron chi connectivity index (χ3n) is 10.6. The van der Waals surface area contributed by atoms with E-state index in [-0.39, 0.29) is 0 Å². The van der Waals surface area contributed by atoms with Crippen molar-refractivity contribution in [2.24, 2.45) is 0 Å². The Bertz CT molecular complexity index is 2890. The maximum atomic E-state index is 2.48. The van der Waals surface area contributed by atoms with Gasteiger partial charge in [0.15, 0.2) is 0 Å². The van der Waals surface area contributed by atoms with E-state index in [9.17, 15) is 0 Å². The molecule has 232 valence electrons. The van der Waals surface area contributed by atoms with Crippen molar-refractivity contribution in [1.82, 2.24) is 4.57 Å². The van der Waals surface area contributed by atoms with Crippen LogP contribution in [-0.2, 0) is 0 Å². The third kappa shape index (κ3) is 4.03. The zero-order valence-corrected chi connectivity index (χ0v) is 27.9. The number of hydrogen-bond acceptors (Lipinski definition) is 1. The molecule has 11 rings (SSSR count). The zero-order chi connectivity index (χ0) is 32.8. The molecular weight excluding hydrogens is 623 g/mol. The summed E-state index contributed by atoms with van der Waals surface area (Å²) in [5, 5.41) is 10.3. The summed E-state index contributed by atoms with van der Waals surface area (Å²) in [5.41, 5.74) is 11.3. The van der Waals surface area contributed by atoms with Gasteiger partial charge in [0.2, 0.25) is 0 Å². The van der Waals surface area contributed by atoms with Gasteiger partial charge in [-0.3, -0.25) is 0 Å². The first-order chi connectivity index (χ1) is 24.8. The summed E-state index contributed by atoms with van der Waals surface area (Å²) in [7, 11) is 0. The Hall–Kier alpha value is -6.09. The number of benzene rings is 9. The molecule has 2 heteroatoms. The van der Waals surface area contributed by atoms with Crippen molar-refractivity contribution >= 4 is 65.9 Å². The van der Waals surface area contributed by atoms with Gasteiger partial charge in [0.05, 0.1) is 11.0 Å². The van der Waals surface area contributed by atoms with Crippen LogP contribution in [0.5, 0.6) is 0 Å². The Morgan fingerprint density at radius 3 is 1.58 bits per heavy atom. The molecule has 1 aliphatic heterocycles. The van der Waals surface area contributed by atoms with Gasteiger partial charge in [0, 0.05) is 42.4 Å². The van der Waals surface area contributed by atoms with Crippen molar-refractivity contribution < 1.29 is 0 Å². The number of fused-ring (bicyclic) bond motifs is 9. The number of hydrogen-bond donors (Lipinski definition) is 0. The quantitative estimate of drug-likeness (QED) is 0.184. The summed E-state index contributed by atoms with van der Waals surface area (Å²) in [4.78, 5) is 2.66. The van der Waals surface area contributed by atoms with Crippen molar-refractivity contribution in [2.75, 3.05) is 0 Å². The third-order valence-corrected chi connectivity index (χ3v) is 11.7. The molecule has 0 bridgehead atoms. The first kappa shape index (κ1) is 27.8. The Labute approximate surface area is 294 Å². The van der Waals surface area contributed by atoms with Crippen LogP contribution in [-0.4, -0.2) is 4.57 Å². The summed E-state index contributed by atoms with van der Waals surface area (Å²) < 4.78 is 2.48. The molecule has 0 fully saturated rings. The van der Waals surface area contributed by atoms with Crippen molar-refractivity contribution in [1.29, 1.82) is 0 Å². The molecule has 0 aliphatic carbocycles. The fourth-order valence-corrected chi connectivity index (χ4v) is 9.40. The Kier molecular flexibility index (Phi) is 5.96. The van der Waals surface area contributed by atoms with Gasteiger partial charge in [-0.05, 0) is 73.8 Å². The van der Waals surface area contributed by atoms with Gasteiger partial charge in [-0.2, -0.15) is 0 Å². The second-order valence-corrected chi connectivity index (χ2v) is 14.3. The highest BCUT2D eigenvalue weighted by Gasteiger charge is 2.21. The van der Waals surface area contributed by atoms with Crippen LogP contribution >= 0.6 is 11.8 Å². The Morgan fingerprint density at radius 2 is 0.880 bits per heavy atom. The standard InChI is InChI=1S/C48H29NS/c1-3-10-37-32(8-1)22-26-42-43-27-23-33-9-2-4-11-38(33)48(43)49(47(37)42)35-24-20-31(21-25-35)30-16-18-34(19-17-30)36-28-29-45-46-40(36)13-7-14-41(46)39-12-5-6-15-44(39)50-45/h1-29H. The van der Waals surface area contributed by atoms with Crippen LogP contribution in [0.4, 0.5) is 0 Å². The van der Waals surface area contributed by atoms with Gasteiger partial charge in [-0.1, -0.05) is 163 Å². The van der Waals surface area contributed by atoms with Gasteiger partial charge >= 0.3 is 0 Å². The minimum absolute atomic E-state index is 1.17. The van der Waals surface area contributed by atoms with Crippen LogP contribution in [0, 0.1) is 0 Å². The molecule has 0 saturated carbocycles. The maximum absolute atomic E-state index is 2.48. The van der Waals surface area contributed by atoms with Crippen LogP contribution in [0.1, 0.15) is 0 Å². The lowest BCUT2D eigenvalue weighted by molar-refractivity contribution is 1.19. The summed E-state index contributed by atoms with van der Waals surface area (Å²) >= 11 is 1.88. The normalized spacial score (nSPS) is 12.3. The van der Waals surface area contributed by atoms with E-state index in [1.165, 1.54) is 103 Å². The Balaban J connectivity index is 1.02. The topological polar surface area (TPSA) is 4.93 Å². The smallest absolute Gasteiger partial charge is 0.0619 e. The molecule has 1 nitrogen and oxygen atoms in total.